The molecule has 0 heterocycles. The van der Waals surface area contributed by atoms with Crippen molar-refractivity contribution in [3.05, 3.63) is 29.8 Å². The quantitative estimate of drug-likeness (QED) is 0.552. The van der Waals surface area contributed by atoms with Crippen LogP contribution in [0.3, 0.4) is 0 Å². The summed E-state index contributed by atoms with van der Waals surface area (Å²) in [7, 11) is 0. The van der Waals surface area contributed by atoms with E-state index in [0.717, 1.165) is 5.56 Å². The molecule has 150 valence electrons. The molecule has 27 heavy (non-hydrogen) atoms. The van der Waals surface area contributed by atoms with Crippen molar-refractivity contribution in [1.29, 1.82) is 0 Å². The maximum Gasteiger partial charge on any atom is 0.315 e. The molecule has 0 bridgehead atoms. The van der Waals surface area contributed by atoms with Crippen LogP contribution in [0.4, 0.5) is 4.79 Å². The minimum atomic E-state index is -0.295. The third kappa shape index (κ3) is 9.78. The zero-order valence-electron chi connectivity index (χ0n) is 16.7. The molecule has 2 amide bonds. The first-order valence-corrected chi connectivity index (χ1v) is 9.48. The molecule has 1 rings (SSSR count). The lowest BCUT2D eigenvalue weighted by atomic mass is 9.91. The molecule has 1 aromatic carbocycles. The number of amides is 2. The van der Waals surface area contributed by atoms with Crippen molar-refractivity contribution < 1.29 is 19.5 Å². The molecule has 0 aromatic heterocycles. The van der Waals surface area contributed by atoms with E-state index in [2.05, 4.69) is 10.6 Å². The third-order valence-electron chi connectivity index (χ3n) is 4.62. The lowest BCUT2D eigenvalue weighted by molar-refractivity contribution is -0.118. The zero-order chi connectivity index (χ0) is 20.4. The number of hydrogen-bond acceptors (Lipinski definition) is 4. The van der Waals surface area contributed by atoms with Crippen LogP contribution in [-0.4, -0.2) is 35.3 Å². The minimum Gasteiger partial charge on any atom is -0.508 e. The number of urea groups is 1. The SMILES string of the molecule is CC(=O)CC[C@H](Cc1ccc(O)cc1)NC(=O)NC[C@@H](CC(C)=O)C(C)C. The van der Waals surface area contributed by atoms with Crippen molar-refractivity contribution in [3.63, 3.8) is 0 Å². The number of carbonyl (C=O) groups excluding carboxylic acids is 3. The number of rotatable bonds is 11. The number of aromatic hydroxyl groups is 1. The molecule has 0 aliphatic carbocycles. The van der Waals surface area contributed by atoms with Crippen LogP contribution in [0.5, 0.6) is 5.75 Å². The normalized spacial score (nSPS) is 13.1. The first-order valence-electron chi connectivity index (χ1n) is 9.48. The monoisotopic (exact) mass is 376 g/mol. The number of carbonyl (C=O) groups is 3. The molecule has 2 atom stereocenters. The van der Waals surface area contributed by atoms with Gasteiger partial charge in [-0.2, -0.15) is 0 Å². The highest BCUT2D eigenvalue weighted by Gasteiger charge is 2.18. The summed E-state index contributed by atoms with van der Waals surface area (Å²) in [6.07, 6.45) is 1.95. The van der Waals surface area contributed by atoms with Gasteiger partial charge in [0.05, 0.1) is 0 Å². The second-order valence-corrected chi connectivity index (χ2v) is 7.57. The highest BCUT2D eigenvalue weighted by Crippen LogP contribution is 2.15. The van der Waals surface area contributed by atoms with Crippen molar-refractivity contribution in [2.75, 3.05) is 6.54 Å². The van der Waals surface area contributed by atoms with E-state index >= 15 is 0 Å². The first-order chi connectivity index (χ1) is 12.7. The summed E-state index contributed by atoms with van der Waals surface area (Å²) in [4.78, 5) is 35.0. The Hall–Kier alpha value is -2.37. The Morgan fingerprint density at radius 1 is 1.04 bits per heavy atom. The van der Waals surface area contributed by atoms with Gasteiger partial charge in [-0.3, -0.25) is 0 Å². The second-order valence-electron chi connectivity index (χ2n) is 7.57. The number of ketones is 2. The van der Waals surface area contributed by atoms with E-state index in [1.54, 1.807) is 31.2 Å². The average molecular weight is 376 g/mol. The van der Waals surface area contributed by atoms with E-state index in [-0.39, 0.29) is 35.3 Å². The lowest BCUT2D eigenvalue weighted by Crippen LogP contribution is -2.45. The van der Waals surface area contributed by atoms with Gasteiger partial charge in [-0.15, -0.1) is 0 Å². The van der Waals surface area contributed by atoms with Gasteiger partial charge in [0.25, 0.3) is 0 Å². The summed E-state index contributed by atoms with van der Waals surface area (Å²) in [5.74, 6) is 0.771. The van der Waals surface area contributed by atoms with Crippen molar-refractivity contribution in [2.24, 2.45) is 11.8 Å². The predicted molar refractivity (Wildman–Crippen MR) is 106 cm³/mol. The Morgan fingerprint density at radius 2 is 1.67 bits per heavy atom. The fraction of sp³-hybridized carbons (Fsp3) is 0.571. The molecular weight excluding hydrogens is 344 g/mol. The standard InChI is InChI=1S/C21H32N2O4/c1-14(2)18(11-16(4)25)13-22-21(27)23-19(8-5-15(3)24)12-17-6-9-20(26)10-7-17/h6-7,9-10,14,18-19,26H,5,8,11-13H2,1-4H3,(H2,22,23,27)/t18-,19-/m1/s1. The van der Waals surface area contributed by atoms with E-state index in [9.17, 15) is 19.5 Å². The molecule has 0 fully saturated rings. The fourth-order valence-electron chi connectivity index (χ4n) is 2.89. The van der Waals surface area contributed by atoms with Crippen LogP contribution in [0, 0.1) is 11.8 Å². The van der Waals surface area contributed by atoms with E-state index in [0.29, 0.717) is 38.1 Å². The van der Waals surface area contributed by atoms with Gasteiger partial charge in [0.2, 0.25) is 0 Å². The second kappa shape index (κ2) is 11.4. The van der Waals surface area contributed by atoms with Gasteiger partial charge in [0.15, 0.2) is 0 Å². The highest BCUT2D eigenvalue weighted by atomic mass is 16.3. The van der Waals surface area contributed by atoms with Crippen LogP contribution < -0.4 is 10.6 Å². The van der Waals surface area contributed by atoms with Gasteiger partial charge in [-0.25, -0.2) is 4.79 Å². The maximum atomic E-state index is 12.3. The van der Waals surface area contributed by atoms with Crippen molar-refractivity contribution >= 4 is 17.6 Å². The van der Waals surface area contributed by atoms with Gasteiger partial charge in [0.1, 0.15) is 17.3 Å². The molecule has 0 aliphatic heterocycles. The molecule has 6 nitrogen and oxygen atoms in total. The zero-order valence-corrected chi connectivity index (χ0v) is 16.7. The molecule has 0 radical (unpaired) electrons. The van der Waals surface area contributed by atoms with Gasteiger partial charge < -0.3 is 25.3 Å². The van der Waals surface area contributed by atoms with Gasteiger partial charge in [0, 0.05) is 25.4 Å². The molecule has 1 aromatic rings. The van der Waals surface area contributed by atoms with Gasteiger partial charge in [-0.05, 0) is 56.2 Å². The highest BCUT2D eigenvalue weighted by molar-refractivity contribution is 5.77. The van der Waals surface area contributed by atoms with E-state index in [4.69, 9.17) is 0 Å². The molecule has 3 N–H and O–H groups in total. The topological polar surface area (TPSA) is 95.5 Å². The summed E-state index contributed by atoms with van der Waals surface area (Å²) in [6, 6.07) is 6.33. The smallest absolute Gasteiger partial charge is 0.315 e. The number of phenols is 1. The average Bonchev–Trinajstić information content (AvgIpc) is 2.57. The van der Waals surface area contributed by atoms with Crippen molar-refractivity contribution in [1.82, 2.24) is 10.6 Å². The number of phenolic OH excluding ortho intramolecular Hbond substituents is 1. The Kier molecular flexibility index (Phi) is 9.54. The van der Waals surface area contributed by atoms with E-state index in [1.807, 2.05) is 13.8 Å². The summed E-state index contributed by atoms with van der Waals surface area (Å²) >= 11 is 0. The fourth-order valence-corrected chi connectivity index (χ4v) is 2.89. The van der Waals surface area contributed by atoms with Crippen molar-refractivity contribution in [2.45, 2.75) is 59.4 Å². The van der Waals surface area contributed by atoms with Gasteiger partial charge >= 0.3 is 6.03 Å². The molecule has 0 spiro atoms. The summed E-state index contributed by atoms with van der Waals surface area (Å²) in [6.45, 7) is 7.60. The number of Topliss-reactive ketones (excluding diaryl/α,β-unsaturated/α-hetero) is 2. The van der Waals surface area contributed by atoms with Crippen LogP contribution in [0.15, 0.2) is 24.3 Å². The molecule has 0 saturated carbocycles. The van der Waals surface area contributed by atoms with E-state index in [1.165, 1.54) is 6.92 Å². The molecule has 0 saturated heterocycles. The molecule has 6 heteroatoms. The third-order valence-corrected chi connectivity index (χ3v) is 4.62. The van der Waals surface area contributed by atoms with Crippen molar-refractivity contribution in [3.8, 4) is 5.75 Å². The Bertz CT molecular complexity index is 626. The maximum absolute atomic E-state index is 12.3. The summed E-state index contributed by atoms with van der Waals surface area (Å²) in [5, 5.41) is 15.2. The van der Waals surface area contributed by atoms with E-state index < -0.39 is 0 Å². The molecule has 0 unspecified atom stereocenters. The molecular formula is C21H32N2O4. The number of hydrogen-bond donors (Lipinski definition) is 3. The summed E-state index contributed by atoms with van der Waals surface area (Å²) < 4.78 is 0. The largest absolute Gasteiger partial charge is 0.508 e. The lowest BCUT2D eigenvalue weighted by Gasteiger charge is -2.22. The Labute approximate surface area is 161 Å². The number of benzene rings is 1. The van der Waals surface area contributed by atoms with Gasteiger partial charge in [-0.1, -0.05) is 26.0 Å². The van der Waals surface area contributed by atoms with Crippen LogP contribution >= 0.6 is 0 Å². The molecule has 0 aliphatic rings. The van der Waals surface area contributed by atoms with Crippen LogP contribution in [0.2, 0.25) is 0 Å². The Morgan fingerprint density at radius 3 is 2.19 bits per heavy atom. The minimum absolute atomic E-state index is 0.0780. The first kappa shape index (κ1) is 22.7. The predicted octanol–water partition coefficient (Wildman–Crippen LogP) is 3.22. The van der Waals surface area contributed by atoms with Crippen LogP contribution in [0.1, 0.15) is 52.5 Å². The Balaban J connectivity index is 2.64. The van der Waals surface area contributed by atoms with Crippen LogP contribution in [-0.2, 0) is 16.0 Å². The summed E-state index contributed by atoms with van der Waals surface area (Å²) in [5.41, 5.74) is 0.971. The number of nitrogens with one attached hydrogen (secondary N) is 2. The van der Waals surface area contributed by atoms with Crippen LogP contribution in [0.25, 0.3) is 0 Å².